The van der Waals surface area contributed by atoms with Gasteiger partial charge in [0.15, 0.2) is 0 Å². The summed E-state index contributed by atoms with van der Waals surface area (Å²) in [5.41, 5.74) is 1.75. The van der Waals surface area contributed by atoms with Crippen molar-refractivity contribution in [2.24, 2.45) is 0 Å². The molecule has 0 bridgehead atoms. The molecule has 0 unspecified atom stereocenters. The lowest BCUT2D eigenvalue weighted by atomic mass is 9.97. The molecule has 0 aromatic heterocycles. The number of aryl methyl sites for hydroxylation is 1. The van der Waals surface area contributed by atoms with Crippen LogP contribution in [0.1, 0.15) is 15.9 Å². The van der Waals surface area contributed by atoms with Crippen LogP contribution >= 0.6 is 0 Å². The Bertz CT molecular complexity index is 600. The highest BCUT2D eigenvalue weighted by Crippen LogP contribution is 2.34. The zero-order valence-electron chi connectivity index (χ0n) is 9.71. The van der Waals surface area contributed by atoms with Gasteiger partial charge in [-0.3, -0.25) is 0 Å². The summed E-state index contributed by atoms with van der Waals surface area (Å²) >= 11 is 0. The van der Waals surface area contributed by atoms with E-state index in [0.717, 1.165) is 11.6 Å². The first kappa shape index (κ1) is 12.0. The molecule has 2 rings (SSSR count). The molecule has 3 N–H and O–H groups in total. The molecule has 92 valence electrons. The Balaban J connectivity index is 2.69. The summed E-state index contributed by atoms with van der Waals surface area (Å²) in [4.78, 5) is 11.2. The van der Waals surface area contributed by atoms with Crippen molar-refractivity contribution in [3.05, 3.63) is 47.5 Å². The maximum atomic E-state index is 11.2. The van der Waals surface area contributed by atoms with Gasteiger partial charge in [-0.2, -0.15) is 0 Å². The smallest absolute Gasteiger partial charge is 0.340 e. The average molecular weight is 244 g/mol. The molecule has 0 aliphatic carbocycles. The Hall–Kier alpha value is -2.49. The second kappa shape index (κ2) is 4.41. The molecule has 4 heteroatoms. The van der Waals surface area contributed by atoms with E-state index in [1.54, 1.807) is 12.1 Å². The van der Waals surface area contributed by atoms with E-state index in [-0.39, 0.29) is 11.3 Å². The molecular weight excluding hydrogens is 232 g/mol. The zero-order valence-corrected chi connectivity index (χ0v) is 9.71. The number of phenols is 2. The van der Waals surface area contributed by atoms with Crippen molar-refractivity contribution in [3.8, 4) is 22.6 Å². The van der Waals surface area contributed by atoms with Gasteiger partial charge in [-0.15, -0.1) is 0 Å². The Labute approximate surface area is 104 Å². The monoisotopic (exact) mass is 244 g/mol. The lowest BCUT2D eigenvalue weighted by molar-refractivity contribution is 0.0694. The maximum absolute atomic E-state index is 11.2. The third-order valence-electron chi connectivity index (χ3n) is 2.68. The summed E-state index contributed by atoms with van der Waals surface area (Å²) in [6.07, 6.45) is 0. The van der Waals surface area contributed by atoms with E-state index >= 15 is 0 Å². The number of rotatable bonds is 2. The van der Waals surface area contributed by atoms with E-state index in [4.69, 9.17) is 5.11 Å². The van der Waals surface area contributed by atoms with Crippen LogP contribution in [0, 0.1) is 6.92 Å². The summed E-state index contributed by atoms with van der Waals surface area (Å²) in [6, 6.07) is 9.51. The number of carboxylic acids is 1. The molecule has 0 spiro atoms. The van der Waals surface area contributed by atoms with Gasteiger partial charge in [-0.1, -0.05) is 29.8 Å². The van der Waals surface area contributed by atoms with Crippen LogP contribution in [0.4, 0.5) is 0 Å². The SMILES string of the molecule is Cc1ccc(-c2cc(O)cc(O)c2C(=O)O)cc1. The zero-order chi connectivity index (χ0) is 13.3. The van der Waals surface area contributed by atoms with Gasteiger partial charge in [0.1, 0.15) is 17.1 Å². The molecule has 2 aromatic carbocycles. The number of benzene rings is 2. The van der Waals surface area contributed by atoms with Crippen LogP contribution < -0.4 is 0 Å². The molecule has 0 atom stereocenters. The van der Waals surface area contributed by atoms with Gasteiger partial charge in [0, 0.05) is 11.6 Å². The van der Waals surface area contributed by atoms with Crippen LogP contribution in [-0.2, 0) is 0 Å². The van der Waals surface area contributed by atoms with Gasteiger partial charge in [0.05, 0.1) is 0 Å². The van der Waals surface area contributed by atoms with Gasteiger partial charge < -0.3 is 15.3 Å². The molecular formula is C14H12O4. The molecule has 0 saturated carbocycles. The third-order valence-corrected chi connectivity index (χ3v) is 2.68. The van der Waals surface area contributed by atoms with Gasteiger partial charge >= 0.3 is 5.97 Å². The first-order valence-electron chi connectivity index (χ1n) is 5.35. The largest absolute Gasteiger partial charge is 0.508 e. The number of carboxylic acid groups (broad SMARTS) is 1. The lowest BCUT2D eigenvalue weighted by Gasteiger charge is -2.09. The molecule has 0 aliphatic heterocycles. The maximum Gasteiger partial charge on any atom is 0.340 e. The van der Waals surface area contributed by atoms with Crippen molar-refractivity contribution in [1.82, 2.24) is 0 Å². The standard InChI is InChI=1S/C14H12O4/c1-8-2-4-9(5-3-8)11-6-10(15)7-12(16)13(11)14(17)18/h2-7,15-16H,1H3,(H,17,18). The predicted octanol–water partition coefficient (Wildman–Crippen LogP) is 2.77. The van der Waals surface area contributed by atoms with Crippen molar-refractivity contribution >= 4 is 5.97 Å². The van der Waals surface area contributed by atoms with Crippen LogP contribution in [0.15, 0.2) is 36.4 Å². The van der Waals surface area contributed by atoms with Crippen LogP contribution in [0.25, 0.3) is 11.1 Å². The third kappa shape index (κ3) is 2.13. The van der Waals surface area contributed by atoms with E-state index < -0.39 is 11.7 Å². The average Bonchev–Trinajstić information content (AvgIpc) is 2.28. The minimum Gasteiger partial charge on any atom is -0.508 e. The van der Waals surface area contributed by atoms with E-state index in [0.29, 0.717) is 11.1 Å². The van der Waals surface area contributed by atoms with Crippen molar-refractivity contribution in [2.75, 3.05) is 0 Å². The van der Waals surface area contributed by atoms with Crippen LogP contribution in [0.2, 0.25) is 0 Å². The Kier molecular flexibility index (Phi) is 2.93. The number of hydrogen-bond donors (Lipinski definition) is 3. The minimum absolute atomic E-state index is 0.173. The molecule has 18 heavy (non-hydrogen) atoms. The fourth-order valence-corrected chi connectivity index (χ4v) is 1.80. The Morgan fingerprint density at radius 2 is 1.67 bits per heavy atom. The van der Waals surface area contributed by atoms with Gasteiger partial charge in [0.2, 0.25) is 0 Å². The van der Waals surface area contributed by atoms with Crippen molar-refractivity contribution in [2.45, 2.75) is 6.92 Å². The topological polar surface area (TPSA) is 77.8 Å². The molecule has 0 fully saturated rings. The highest BCUT2D eigenvalue weighted by molar-refractivity contribution is 5.99. The normalized spacial score (nSPS) is 10.3. The van der Waals surface area contributed by atoms with Gasteiger partial charge in [-0.05, 0) is 18.6 Å². The second-order valence-corrected chi connectivity index (χ2v) is 4.06. The molecule has 2 aromatic rings. The predicted molar refractivity (Wildman–Crippen MR) is 66.9 cm³/mol. The van der Waals surface area contributed by atoms with Gasteiger partial charge in [0.25, 0.3) is 0 Å². The van der Waals surface area contributed by atoms with Crippen LogP contribution in [0.5, 0.6) is 11.5 Å². The summed E-state index contributed by atoms with van der Waals surface area (Å²) < 4.78 is 0. The fraction of sp³-hybridized carbons (Fsp3) is 0.0714. The first-order valence-corrected chi connectivity index (χ1v) is 5.35. The molecule has 0 aliphatic rings. The second-order valence-electron chi connectivity index (χ2n) is 4.06. The summed E-state index contributed by atoms with van der Waals surface area (Å²) in [7, 11) is 0. The molecule has 0 amide bonds. The summed E-state index contributed by atoms with van der Waals surface area (Å²) in [5, 5.41) is 28.2. The number of aromatic carboxylic acids is 1. The summed E-state index contributed by atoms with van der Waals surface area (Å²) in [6.45, 7) is 1.92. The molecule has 0 radical (unpaired) electrons. The van der Waals surface area contributed by atoms with E-state index in [1.165, 1.54) is 6.07 Å². The number of aromatic hydroxyl groups is 2. The Morgan fingerprint density at radius 1 is 1.06 bits per heavy atom. The Morgan fingerprint density at radius 3 is 2.22 bits per heavy atom. The van der Waals surface area contributed by atoms with Crippen molar-refractivity contribution in [1.29, 1.82) is 0 Å². The highest BCUT2D eigenvalue weighted by atomic mass is 16.4. The van der Waals surface area contributed by atoms with Gasteiger partial charge in [-0.25, -0.2) is 4.79 Å². The quantitative estimate of drug-likeness (QED) is 0.759. The van der Waals surface area contributed by atoms with Crippen molar-refractivity contribution < 1.29 is 20.1 Å². The fourth-order valence-electron chi connectivity index (χ4n) is 1.80. The van der Waals surface area contributed by atoms with E-state index in [2.05, 4.69) is 0 Å². The summed E-state index contributed by atoms with van der Waals surface area (Å²) in [5.74, 6) is -1.85. The first-order chi connectivity index (χ1) is 8.49. The number of carbonyl (C=O) groups is 1. The molecule has 0 saturated heterocycles. The number of phenolic OH excluding ortho intramolecular Hbond substituents is 1. The lowest BCUT2D eigenvalue weighted by Crippen LogP contribution is -2.00. The number of hydrogen-bond acceptors (Lipinski definition) is 3. The van der Waals surface area contributed by atoms with E-state index in [1.807, 2.05) is 19.1 Å². The van der Waals surface area contributed by atoms with Crippen molar-refractivity contribution in [3.63, 3.8) is 0 Å². The van der Waals surface area contributed by atoms with E-state index in [9.17, 15) is 15.0 Å². The molecule has 0 heterocycles. The highest BCUT2D eigenvalue weighted by Gasteiger charge is 2.18. The van der Waals surface area contributed by atoms with Crippen LogP contribution in [0.3, 0.4) is 0 Å². The minimum atomic E-state index is -1.23. The molecule has 4 nitrogen and oxygen atoms in total. The van der Waals surface area contributed by atoms with Crippen LogP contribution in [-0.4, -0.2) is 21.3 Å².